The zero-order valence-corrected chi connectivity index (χ0v) is 13.7. The maximum absolute atomic E-state index is 12.2. The standard InChI is InChI=1S/C19H24N2O2/c1-19(2,12-13-22)21-18(23)20-17-11-7-6-10-16(17)14-15-8-4-3-5-9-15/h3-11,22H,12-14H2,1-2H3,(H2,20,21,23). The van der Waals surface area contributed by atoms with Crippen molar-refractivity contribution in [2.75, 3.05) is 11.9 Å². The van der Waals surface area contributed by atoms with Gasteiger partial charge in [0.2, 0.25) is 0 Å². The van der Waals surface area contributed by atoms with Gasteiger partial charge in [-0.1, -0.05) is 48.5 Å². The van der Waals surface area contributed by atoms with Crippen molar-refractivity contribution in [1.82, 2.24) is 5.32 Å². The predicted octanol–water partition coefficient (Wildman–Crippen LogP) is 3.56. The molecule has 0 fully saturated rings. The molecule has 4 heteroatoms. The van der Waals surface area contributed by atoms with Crippen LogP contribution >= 0.6 is 0 Å². The first-order valence-electron chi connectivity index (χ1n) is 7.82. The van der Waals surface area contributed by atoms with Gasteiger partial charge >= 0.3 is 6.03 Å². The molecule has 0 saturated carbocycles. The van der Waals surface area contributed by atoms with Crippen molar-refractivity contribution in [3.8, 4) is 0 Å². The topological polar surface area (TPSA) is 61.4 Å². The third-order valence-electron chi connectivity index (χ3n) is 3.69. The average Bonchev–Trinajstić information content (AvgIpc) is 2.49. The zero-order chi connectivity index (χ0) is 16.7. The molecule has 2 amide bonds. The molecule has 0 spiro atoms. The molecular formula is C19H24N2O2. The van der Waals surface area contributed by atoms with E-state index in [9.17, 15) is 4.79 Å². The second-order valence-corrected chi connectivity index (χ2v) is 6.26. The molecule has 2 aromatic rings. The van der Waals surface area contributed by atoms with E-state index in [1.807, 2.05) is 56.3 Å². The van der Waals surface area contributed by atoms with Crippen molar-refractivity contribution in [3.05, 3.63) is 65.7 Å². The molecule has 0 aliphatic heterocycles. The third-order valence-corrected chi connectivity index (χ3v) is 3.69. The van der Waals surface area contributed by atoms with E-state index >= 15 is 0 Å². The fourth-order valence-electron chi connectivity index (χ4n) is 2.42. The summed E-state index contributed by atoms with van der Waals surface area (Å²) < 4.78 is 0. The van der Waals surface area contributed by atoms with Crippen LogP contribution in [-0.4, -0.2) is 23.3 Å². The summed E-state index contributed by atoms with van der Waals surface area (Å²) in [6.07, 6.45) is 1.27. The Morgan fingerprint density at radius 3 is 2.39 bits per heavy atom. The Morgan fingerprint density at radius 1 is 1.04 bits per heavy atom. The number of carbonyl (C=O) groups excluding carboxylic acids is 1. The first-order chi connectivity index (χ1) is 11.0. The summed E-state index contributed by atoms with van der Waals surface area (Å²) in [6.45, 7) is 3.81. The molecule has 122 valence electrons. The molecule has 0 aliphatic carbocycles. The number of rotatable bonds is 6. The van der Waals surface area contributed by atoms with Crippen LogP contribution < -0.4 is 10.6 Å². The van der Waals surface area contributed by atoms with Gasteiger partial charge in [0.1, 0.15) is 0 Å². The van der Waals surface area contributed by atoms with Gasteiger partial charge < -0.3 is 15.7 Å². The minimum Gasteiger partial charge on any atom is -0.396 e. The van der Waals surface area contributed by atoms with E-state index in [0.29, 0.717) is 6.42 Å². The molecule has 0 heterocycles. The fraction of sp³-hybridized carbons (Fsp3) is 0.316. The van der Waals surface area contributed by atoms with Gasteiger partial charge in [-0.05, 0) is 43.9 Å². The highest BCUT2D eigenvalue weighted by Crippen LogP contribution is 2.19. The van der Waals surface area contributed by atoms with E-state index in [2.05, 4.69) is 22.8 Å². The highest BCUT2D eigenvalue weighted by molar-refractivity contribution is 5.90. The van der Waals surface area contributed by atoms with Crippen LogP contribution in [-0.2, 0) is 6.42 Å². The lowest BCUT2D eigenvalue weighted by Gasteiger charge is -2.25. The minimum absolute atomic E-state index is 0.0396. The highest BCUT2D eigenvalue weighted by atomic mass is 16.3. The number of amides is 2. The molecule has 0 radical (unpaired) electrons. The van der Waals surface area contributed by atoms with Crippen molar-refractivity contribution < 1.29 is 9.90 Å². The molecule has 0 aromatic heterocycles. The second kappa shape index (κ2) is 7.79. The number of nitrogens with one attached hydrogen (secondary N) is 2. The van der Waals surface area contributed by atoms with E-state index in [4.69, 9.17) is 5.11 Å². The molecule has 0 atom stereocenters. The van der Waals surface area contributed by atoms with Crippen LogP contribution in [0.1, 0.15) is 31.4 Å². The smallest absolute Gasteiger partial charge is 0.319 e. The number of benzene rings is 2. The van der Waals surface area contributed by atoms with Crippen molar-refractivity contribution in [1.29, 1.82) is 0 Å². The number of hydrogen-bond acceptors (Lipinski definition) is 2. The van der Waals surface area contributed by atoms with E-state index in [0.717, 1.165) is 17.7 Å². The molecule has 2 rings (SSSR count). The Balaban J connectivity index is 2.07. The number of aliphatic hydroxyl groups is 1. The maximum Gasteiger partial charge on any atom is 0.319 e. The lowest BCUT2D eigenvalue weighted by atomic mass is 10.0. The number of aliphatic hydroxyl groups excluding tert-OH is 1. The van der Waals surface area contributed by atoms with Crippen molar-refractivity contribution >= 4 is 11.7 Å². The monoisotopic (exact) mass is 312 g/mol. The summed E-state index contributed by atoms with van der Waals surface area (Å²) in [4.78, 5) is 12.2. The van der Waals surface area contributed by atoms with Crippen LogP contribution in [0.4, 0.5) is 10.5 Å². The first kappa shape index (κ1) is 17.0. The largest absolute Gasteiger partial charge is 0.396 e. The molecule has 2 aromatic carbocycles. The summed E-state index contributed by atoms with van der Waals surface area (Å²) in [5, 5.41) is 14.8. The van der Waals surface area contributed by atoms with Gasteiger partial charge in [-0.25, -0.2) is 4.79 Å². The average molecular weight is 312 g/mol. The fourth-order valence-corrected chi connectivity index (χ4v) is 2.42. The van der Waals surface area contributed by atoms with Crippen LogP contribution in [0.2, 0.25) is 0 Å². The van der Waals surface area contributed by atoms with Gasteiger partial charge in [-0.2, -0.15) is 0 Å². The second-order valence-electron chi connectivity index (χ2n) is 6.26. The number of carbonyl (C=O) groups is 1. The highest BCUT2D eigenvalue weighted by Gasteiger charge is 2.20. The Labute approximate surface area is 137 Å². The van der Waals surface area contributed by atoms with Gasteiger partial charge in [-0.15, -0.1) is 0 Å². The lowest BCUT2D eigenvalue weighted by Crippen LogP contribution is -2.46. The van der Waals surface area contributed by atoms with Crippen LogP contribution in [0.5, 0.6) is 0 Å². The molecule has 4 nitrogen and oxygen atoms in total. The first-order valence-corrected chi connectivity index (χ1v) is 7.82. The Bertz CT molecular complexity index is 639. The van der Waals surface area contributed by atoms with Gasteiger partial charge in [-0.3, -0.25) is 0 Å². The number of urea groups is 1. The van der Waals surface area contributed by atoms with Crippen molar-refractivity contribution in [2.24, 2.45) is 0 Å². The summed E-state index contributed by atoms with van der Waals surface area (Å²) in [6, 6.07) is 17.7. The Hall–Kier alpha value is -2.33. The zero-order valence-electron chi connectivity index (χ0n) is 13.7. The van der Waals surface area contributed by atoms with E-state index in [1.165, 1.54) is 5.56 Å². The molecule has 0 unspecified atom stereocenters. The van der Waals surface area contributed by atoms with Gasteiger partial charge in [0.05, 0.1) is 0 Å². The van der Waals surface area contributed by atoms with Crippen LogP contribution in [0.3, 0.4) is 0 Å². The molecular weight excluding hydrogens is 288 g/mol. The van der Waals surface area contributed by atoms with E-state index in [-0.39, 0.29) is 12.6 Å². The van der Waals surface area contributed by atoms with Gasteiger partial charge in [0, 0.05) is 17.8 Å². The molecule has 0 aliphatic rings. The summed E-state index contributed by atoms with van der Waals surface area (Å²) in [7, 11) is 0. The number of para-hydroxylation sites is 1. The SMILES string of the molecule is CC(C)(CCO)NC(=O)Nc1ccccc1Cc1ccccc1. The van der Waals surface area contributed by atoms with Crippen LogP contribution in [0, 0.1) is 0 Å². The molecule has 0 saturated heterocycles. The summed E-state index contributed by atoms with van der Waals surface area (Å²) >= 11 is 0. The van der Waals surface area contributed by atoms with Crippen molar-refractivity contribution in [3.63, 3.8) is 0 Å². The molecule has 3 N–H and O–H groups in total. The third kappa shape index (κ3) is 5.42. The van der Waals surface area contributed by atoms with Crippen LogP contribution in [0.15, 0.2) is 54.6 Å². The van der Waals surface area contributed by atoms with Crippen molar-refractivity contribution in [2.45, 2.75) is 32.2 Å². The van der Waals surface area contributed by atoms with Gasteiger partial charge in [0.25, 0.3) is 0 Å². The normalized spacial score (nSPS) is 11.1. The summed E-state index contributed by atoms with van der Waals surface area (Å²) in [5.74, 6) is 0. The predicted molar refractivity (Wildman–Crippen MR) is 93.6 cm³/mol. The number of hydrogen-bond donors (Lipinski definition) is 3. The molecule has 23 heavy (non-hydrogen) atoms. The van der Waals surface area contributed by atoms with E-state index in [1.54, 1.807) is 0 Å². The maximum atomic E-state index is 12.2. The molecule has 0 bridgehead atoms. The Morgan fingerprint density at radius 2 is 1.70 bits per heavy atom. The van der Waals surface area contributed by atoms with Gasteiger partial charge in [0.15, 0.2) is 0 Å². The number of anilines is 1. The van der Waals surface area contributed by atoms with E-state index < -0.39 is 5.54 Å². The Kier molecular flexibility index (Phi) is 5.77. The summed E-state index contributed by atoms with van der Waals surface area (Å²) in [5.41, 5.74) is 2.61. The van der Waals surface area contributed by atoms with Crippen LogP contribution in [0.25, 0.3) is 0 Å². The quantitative estimate of drug-likeness (QED) is 0.764. The minimum atomic E-state index is -0.451. The lowest BCUT2D eigenvalue weighted by molar-refractivity contribution is 0.218.